The van der Waals surface area contributed by atoms with Gasteiger partial charge >= 0.3 is 17.9 Å². The summed E-state index contributed by atoms with van der Waals surface area (Å²) in [6.45, 7) is 13.7. The van der Waals surface area contributed by atoms with Gasteiger partial charge in [-0.15, -0.1) is 0 Å². The fraction of sp³-hybridized carbons (Fsp3) is 0.940. The summed E-state index contributed by atoms with van der Waals surface area (Å²) in [5.74, 6) is 1.65. The molecule has 0 aromatic heterocycles. The number of carbonyl (C=O) groups excluding carboxylic acids is 3. The molecule has 0 aromatic carbocycles. The number of hydrogen-bond donors (Lipinski definition) is 0. The summed E-state index contributed by atoms with van der Waals surface area (Å²) < 4.78 is 16.8. The predicted molar refractivity (Wildman–Crippen MR) is 238 cm³/mol. The molecule has 0 aliphatic rings. The van der Waals surface area contributed by atoms with E-state index in [-0.39, 0.29) is 31.1 Å². The Hall–Kier alpha value is -1.59. The molecule has 0 aliphatic heterocycles. The maximum atomic E-state index is 12.8. The molecule has 2 unspecified atom stereocenters. The quantitative estimate of drug-likeness (QED) is 0.0348. The summed E-state index contributed by atoms with van der Waals surface area (Å²) in [7, 11) is 0. The molecule has 0 spiro atoms. The highest BCUT2D eigenvalue weighted by molar-refractivity contribution is 5.71. The molecule has 0 fully saturated rings. The van der Waals surface area contributed by atoms with Crippen molar-refractivity contribution in [3.05, 3.63) is 0 Å². The molecule has 0 heterocycles. The SMILES string of the molecule is CCC(C)CCCCCCCCCCCCC(=O)O[C@@H](COC(=O)CCCCCCCCCCCCCC(C)C)COC(=O)CCCCCCCCC(C)CC. The van der Waals surface area contributed by atoms with Gasteiger partial charge < -0.3 is 14.2 Å². The van der Waals surface area contributed by atoms with Crippen LogP contribution in [0, 0.1) is 17.8 Å². The molecule has 0 saturated carbocycles. The predicted octanol–water partition coefficient (Wildman–Crippen LogP) is 15.6. The van der Waals surface area contributed by atoms with E-state index in [4.69, 9.17) is 14.2 Å². The maximum Gasteiger partial charge on any atom is 0.306 e. The second-order valence-electron chi connectivity index (χ2n) is 18.1. The third-order valence-electron chi connectivity index (χ3n) is 11.9. The Bertz CT molecular complexity index is 872. The third-order valence-corrected chi connectivity index (χ3v) is 11.9. The average molecular weight is 793 g/mol. The van der Waals surface area contributed by atoms with Crippen LogP contribution >= 0.6 is 0 Å². The van der Waals surface area contributed by atoms with Crippen molar-refractivity contribution in [3.63, 3.8) is 0 Å². The molecule has 0 saturated heterocycles. The van der Waals surface area contributed by atoms with Crippen LogP contribution in [0.4, 0.5) is 0 Å². The van der Waals surface area contributed by atoms with Crippen molar-refractivity contribution in [2.45, 2.75) is 272 Å². The molecule has 56 heavy (non-hydrogen) atoms. The van der Waals surface area contributed by atoms with Gasteiger partial charge in [-0.1, -0.05) is 228 Å². The highest BCUT2D eigenvalue weighted by Gasteiger charge is 2.19. The molecule has 0 rings (SSSR count). The van der Waals surface area contributed by atoms with Crippen LogP contribution < -0.4 is 0 Å². The smallest absolute Gasteiger partial charge is 0.306 e. The lowest BCUT2D eigenvalue weighted by Crippen LogP contribution is -2.30. The van der Waals surface area contributed by atoms with E-state index in [0.717, 1.165) is 75.5 Å². The largest absolute Gasteiger partial charge is 0.462 e. The van der Waals surface area contributed by atoms with Crippen molar-refractivity contribution >= 4 is 17.9 Å². The molecular weight excluding hydrogens is 697 g/mol. The van der Waals surface area contributed by atoms with E-state index < -0.39 is 6.10 Å². The van der Waals surface area contributed by atoms with Crippen LogP contribution in [0.2, 0.25) is 0 Å². The lowest BCUT2D eigenvalue weighted by Gasteiger charge is -2.18. The van der Waals surface area contributed by atoms with Crippen LogP contribution in [0.15, 0.2) is 0 Å². The number of ether oxygens (including phenoxy) is 3. The number of unbranched alkanes of at least 4 members (excludes halogenated alkanes) is 24. The molecule has 0 bridgehead atoms. The zero-order valence-corrected chi connectivity index (χ0v) is 38.4. The van der Waals surface area contributed by atoms with Crippen molar-refractivity contribution in [2.75, 3.05) is 13.2 Å². The van der Waals surface area contributed by atoms with Crippen molar-refractivity contribution in [1.29, 1.82) is 0 Å². The summed E-state index contributed by atoms with van der Waals surface area (Å²) in [6, 6.07) is 0. The Kier molecular flexibility index (Phi) is 40.4. The van der Waals surface area contributed by atoms with Crippen molar-refractivity contribution < 1.29 is 28.6 Å². The zero-order valence-electron chi connectivity index (χ0n) is 38.4. The minimum Gasteiger partial charge on any atom is -0.462 e. The second-order valence-corrected chi connectivity index (χ2v) is 18.1. The van der Waals surface area contributed by atoms with Gasteiger partial charge in [0, 0.05) is 19.3 Å². The summed E-state index contributed by atoms with van der Waals surface area (Å²) in [4.78, 5) is 37.8. The molecule has 0 radical (unpaired) electrons. The lowest BCUT2D eigenvalue weighted by molar-refractivity contribution is -0.167. The number of hydrogen-bond acceptors (Lipinski definition) is 6. The highest BCUT2D eigenvalue weighted by Crippen LogP contribution is 2.18. The van der Waals surface area contributed by atoms with Crippen LogP contribution in [0.3, 0.4) is 0 Å². The van der Waals surface area contributed by atoms with E-state index in [9.17, 15) is 14.4 Å². The van der Waals surface area contributed by atoms with Gasteiger partial charge in [-0.3, -0.25) is 14.4 Å². The monoisotopic (exact) mass is 793 g/mol. The zero-order chi connectivity index (χ0) is 41.3. The van der Waals surface area contributed by atoms with Crippen molar-refractivity contribution in [1.82, 2.24) is 0 Å². The van der Waals surface area contributed by atoms with Gasteiger partial charge in [0.25, 0.3) is 0 Å². The van der Waals surface area contributed by atoms with Crippen LogP contribution in [-0.4, -0.2) is 37.2 Å². The third kappa shape index (κ3) is 40.6. The van der Waals surface area contributed by atoms with Gasteiger partial charge in [0.1, 0.15) is 13.2 Å². The molecule has 6 nitrogen and oxygen atoms in total. The van der Waals surface area contributed by atoms with Gasteiger partial charge in [0.2, 0.25) is 0 Å². The number of rotatable bonds is 43. The second kappa shape index (κ2) is 41.6. The Morgan fingerprint density at radius 1 is 0.357 bits per heavy atom. The average Bonchev–Trinajstić information content (AvgIpc) is 3.18. The van der Waals surface area contributed by atoms with E-state index in [0.29, 0.717) is 19.3 Å². The minimum absolute atomic E-state index is 0.0659. The van der Waals surface area contributed by atoms with Gasteiger partial charge in [-0.25, -0.2) is 0 Å². The molecular formula is C50H96O6. The van der Waals surface area contributed by atoms with Gasteiger partial charge in [0.05, 0.1) is 0 Å². The first-order valence-corrected chi connectivity index (χ1v) is 24.7. The summed E-state index contributed by atoms with van der Waals surface area (Å²) >= 11 is 0. The lowest BCUT2D eigenvalue weighted by atomic mass is 9.99. The molecule has 0 aromatic rings. The molecule has 0 amide bonds. The van der Waals surface area contributed by atoms with E-state index in [1.807, 2.05) is 0 Å². The van der Waals surface area contributed by atoms with Gasteiger partial charge in [0.15, 0.2) is 6.10 Å². The van der Waals surface area contributed by atoms with Gasteiger partial charge in [-0.2, -0.15) is 0 Å². The molecule has 0 N–H and O–H groups in total. The van der Waals surface area contributed by atoms with Crippen LogP contribution in [-0.2, 0) is 28.6 Å². The Balaban J connectivity index is 4.34. The summed E-state index contributed by atoms with van der Waals surface area (Å²) in [5, 5.41) is 0. The number of carbonyl (C=O) groups is 3. The Labute approximate surface area is 348 Å². The Morgan fingerprint density at radius 2 is 0.625 bits per heavy atom. The van der Waals surface area contributed by atoms with E-state index in [1.54, 1.807) is 0 Å². The summed E-state index contributed by atoms with van der Waals surface area (Å²) in [6.07, 6.45) is 39.4. The molecule has 3 atom stereocenters. The van der Waals surface area contributed by atoms with Crippen LogP contribution in [0.5, 0.6) is 0 Å². The normalized spacial score (nSPS) is 13.1. The highest BCUT2D eigenvalue weighted by atomic mass is 16.6. The maximum absolute atomic E-state index is 12.8. The van der Waals surface area contributed by atoms with Crippen molar-refractivity contribution in [3.8, 4) is 0 Å². The van der Waals surface area contributed by atoms with Crippen molar-refractivity contribution in [2.24, 2.45) is 17.8 Å². The molecule has 0 aliphatic carbocycles. The first-order valence-electron chi connectivity index (χ1n) is 24.7. The van der Waals surface area contributed by atoms with Crippen LogP contribution in [0.25, 0.3) is 0 Å². The first kappa shape index (κ1) is 54.4. The van der Waals surface area contributed by atoms with Crippen LogP contribution in [0.1, 0.15) is 266 Å². The van der Waals surface area contributed by atoms with E-state index >= 15 is 0 Å². The summed E-state index contributed by atoms with van der Waals surface area (Å²) in [5.41, 5.74) is 0. The van der Waals surface area contributed by atoms with E-state index in [1.165, 1.54) is 148 Å². The molecule has 6 heteroatoms. The molecule has 332 valence electrons. The standard InChI is InChI=1S/C50H96O6/c1-7-45(5)37-31-25-19-15-12-13-17-21-29-35-41-50(53)56-47(43-55-49(52)40-34-28-23-22-26-32-38-46(6)8-2)42-54-48(51)39-33-27-20-16-11-9-10-14-18-24-30-36-44(3)4/h44-47H,7-43H2,1-6H3/t45?,46?,47-/m0/s1. The van der Waals surface area contributed by atoms with Gasteiger partial charge in [-0.05, 0) is 37.0 Å². The fourth-order valence-electron chi connectivity index (χ4n) is 7.34. The topological polar surface area (TPSA) is 78.9 Å². The number of esters is 3. The van der Waals surface area contributed by atoms with E-state index in [2.05, 4.69) is 41.5 Å². The fourth-order valence-corrected chi connectivity index (χ4v) is 7.34. The Morgan fingerprint density at radius 3 is 0.929 bits per heavy atom. The minimum atomic E-state index is -0.763. The first-order chi connectivity index (χ1) is 27.2.